The fourth-order valence-electron chi connectivity index (χ4n) is 2.49. The van der Waals surface area contributed by atoms with Crippen LogP contribution in [0.1, 0.15) is 11.4 Å². The van der Waals surface area contributed by atoms with E-state index in [2.05, 4.69) is 20.3 Å². The Morgan fingerprint density at radius 3 is 2.82 bits per heavy atom. The Morgan fingerprint density at radius 2 is 2.07 bits per heavy atom. The maximum Gasteiger partial charge on any atom is 0.321 e. The molecule has 1 amide bonds. The van der Waals surface area contributed by atoms with Crippen LogP contribution in [-0.2, 0) is 16.1 Å². The van der Waals surface area contributed by atoms with Crippen LogP contribution in [0.15, 0.2) is 24.3 Å². The van der Waals surface area contributed by atoms with Gasteiger partial charge in [-0.25, -0.2) is 8.78 Å². The highest BCUT2D eigenvalue weighted by Gasteiger charge is 2.17. The van der Waals surface area contributed by atoms with E-state index in [9.17, 15) is 13.6 Å². The summed E-state index contributed by atoms with van der Waals surface area (Å²) in [6.45, 7) is 2.44. The lowest BCUT2D eigenvalue weighted by Gasteiger charge is -2.26. The van der Waals surface area contributed by atoms with Gasteiger partial charge in [-0.1, -0.05) is 0 Å². The molecule has 10 heteroatoms. The lowest BCUT2D eigenvalue weighted by Crippen LogP contribution is -2.37. The minimum absolute atomic E-state index is 0.0189. The number of hydrogen-bond donors (Lipinski definition) is 1. The predicted molar refractivity (Wildman–Crippen MR) is 96.6 cm³/mol. The Hall–Kier alpha value is -3.14. The Bertz CT molecular complexity index is 872. The van der Waals surface area contributed by atoms with E-state index in [1.807, 2.05) is 4.90 Å². The molecule has 8 nitrogen and oxygen atoms in total. The van der Waals surface area contributed by atoms with Crippen molar-refractivity contribution in [1.82, 2.24) is 20.3 Å². The quantitative estimate of drug-likeness (QED) is 0.743. The van der Waals surface area contributed by atoms with E-state index in [-0.39, 0.29) is 18.1 Å². The first-order valence-corrected chi connectivity index (χ1v) is 8.58. The van der Waals surface area contributed by atoms with Gasteiger partial charge >= 0.3 is 6.01 Å². The Kier molecular flexibility index (Phi) is 6.43. The molecule has 0 bridgehead atoms. The summed E-state index contributed by atoms with van der Waals surface area (Å²) in [6, 6.07) is 3.15. The van der Waals surface area contributed by atoms with Gasteiger partial charge in [0.15, 0.2) is 5.82 Å². The van der Waals surface area contributed by atoms with Gasteiger partial charge in [-0.15, -0.1) is 0 Å². The summed E-state index contributed by atoms with van der Waals surface area (Å²) < 4.78 is 37.1. The number of amides is 1. The Balaban J connectivity index is 1.65. The molecule has 1 fully saturated rings. The van der Waals surface area contributed by atoms with Crippen molar-refractivity contribution >= 4 is 17.9 Å². The normalized spacial score (nSPS) is 14.3. The summed E-state index contributed by atoms with van der Waals surface area (Å²) >= 11 is 0. The van der Waals surface area contributed by atoms with Crippen molar-refractivity contribution in [3.05, 3.63) is 47.3 Å². The minimum atomic E-state index is -0.622. The summed E-state index contributed by atoms with van der Waals surface area (Å²) in [7, 11) is 1.44. The Morgan fingerprint density at radius 1 is 1.29 bits per heavy atom. The fourth-order valence-corrected chi connectivity index (χ4v) is 2.49. The molecule has 3 rings (SSSR count). The zero-order valence-electron chi connectivity index (χ0n) is 15.2. The lowest BCUT2D eigenvalue weighted by molar-refractivity contribution is -0.116. The van der Waals surface area contributed by atoms with Crippen LogP contribution < -0.4 is 15.0 Å². The van der Waals surface area contributed by atoms with Crippen LogP contribution in [-0.4, -0.2) is 54.3 Å². The molecule has 148 valence electrons. The molecule has 0 spiro atoms. The molecule has 0 aliphatic carbocycles. The molecular formula is C18H19F2N5O3. The number of nitrogens with one attached hydrogen (secondary N) is 1. The predicted octanol–water partition coefficient (Wildman–Crippen LogP) is 1.32. The van der Waals surface area contributed by atoms with Crippen molar-refractivity contribution in [2.75, 3.05) is 38.3 Å². The zero-order chi connectivity index (χ0) is 19.9. The highest BCUT2D eigenvalue weighted by Crippen LogP contribution is 2.14. The number of halogens is 2. The van der Waals surface area contributed by atoms with Gasteiger partial charge in [-0.05, 0) is 24.3 Å². The molecule has 1 saturated heterocycles. The van der Waals surface area contributed by atoms with E-state index < -0.39 is 17.5 Å². The van der Waals surface area contributed by atoms with Gasteiger partial charge in [0.05, 0.1) is 26.9 Å². The molecule has 0 atom stereocenters. The second-order valence-corrected chi connectivity index (χ2v) is 5.85. The molecule has 1 aliphatic rings. The van der Waals surface area contributed by atoms with Crippen molar-refractivity contribution in [2.24, 2.45) is 0 Å². The molecule has 28 heavy (non-hydrogen) atoms. The van der Waals surface area contributed by atoms with Gasteiger partial charge in [0.1, 0.15) is 11.6 Å². The average molecular weight is 391 g/mol. The van der Waals surface area contributed by atoms with Gasteiger partial charge in [0.25, 0.3) is 0 Å². The molecule has 2 aromatic rings. The van der Waals surface area contributed by atoms with Gasteiger partial charge in [-0.2, -0.15) is 15.0 Å². The number of carbonyl (C=O) groups is 1. The lowest BCUT2D eigenvalue weighted by atomic mass is 10.2. The summed E-state index contributed by atoms with van der Waals surface area (Å²) in [6.07, 6.45) is 2.31. The van der Waals surface area contributed by atoms with E-state index in [4.69, 9.17) is 9.47 Å². The topological polar surface area (TPSA) is 89.5 Å². The zero-order valence-corrected chi connectivity index (χ0v) is 15.2. The van der Waals surface area contributed by atoms with Crippen molar-refractivity contribution in [2.45, 2.75) is 6.54 Å². The number of anilines is 1. The molecule has 0 radical (unpaired) electrons. The van der Waals surface area contributed by atoms with Gasteiger partial charge in [-0.3, -0.25) is 4.79 Å². The van der Waals surface area contributed by atoms with Crippen molar-refractivity contribution in [3.63, 3.8) is 0 Å². The molecule has 1 aromatic heterocycles. The van der Waals surface area contributed by atoms with E-state index in [1.165, 1.54) is 13.2 Å². The number of carbonyl (C=O) groups excluding carboxylic acids is 1. The fraction of sp³-hybridized carbons (Fsp3) is 0.333. The smallest absolute Gasteiger partial charge is 0.321 e. The number of benzene rings is 1. The maximum absolute atomic E-state index is 13.6. The second kappa shape index (κ2) is 9.18. The summed E-state index contributed by atoms with van der Waals surface area (Å²) in [4.78, 5) is 26.6. The highest BCUT2D eigenvalue weighted by atomic mass is 19.1. The molecule has 1 aromatic carbocycles. The molecule has 1 aliphatic heterocycles. The summed E-state index contributed by atoms with van der Waals surface area (Å²) in [5.74, 6) is -0.961. The average Bonchev–Trinajstić information content (AvgIpc) is 2.73. The standard InChI is InChI=1S/C18H19F2N5O3/c1-27-18-23-15(22-17(24-18)25-6-8-28-9-7-25)11-21-16(26)5-2-12-10-13(19)3-4-14(12)20/h2-5,10H,6-9,11H2,1H3,(H,21,26)/b5-2+. The first-order chi connectivity index (χ1) is 13.5. The largest absolute Gasteiger partial charge is 0.467 e. The number of rotatable bonds is 6. The van der Waals surface area contributed by atoms with Crippen LogP contribution >= 0.6 is 0 Å². The third-order valence-corrected chi connectivity index (χ3v) is 3.92. The molecule has 0 unspecified atom stereocenters. The third-order valence-electron chi connectivity index (χ3n) is 3.92. The summed E-state index contributed by atoms with van der Waals surface area (Å²) in [5, 5.41) is 2.59. The number of hydrogen-bond acceptors (Lipinski definition) is 7. The van der Waals surface area contributed by atoms with Crippen LogP contribution in [0.3, 0.4) is 0 Å². The van der Waals surface area contributed by atoms with Crippen LogP contribution in [0.4, 0.5) is 14.7 Å². The number of aromatic nitrogens is 3. The SMILES string of the molecule is COc1nc(CNC(=O)/C=C/c2cc(F)ccc2F)nc(N2CCOCC2)n1. The molecular weight excluding hydrogens is 372 g/mol. The minimum Gasteiger partial charge on any atom is -0.467 e. The van der Waals surface area contributed by atoms with Crippen molar-refractivity contribution in [3.8, 4) is 6.01 Å². The first-order valence-electron chi connectivity index (χ1n) is 8.58. The van der Waals surface area contributed by atoms with Crippen LogP contribution in [0.25, 0.3) is 6.08 Å². The number of nitrogens with zero attached hydrogens (tertiary/aromatic N) is 4. The van der Waals surface area contributed by atoms with Gasteiger partial charge < -0.3 is 19.7 Å². The molecule has 1 N–H and O–H groups in total. The van der Waals surface area contributed by atoms with Crippen molar-refractivity contribution in [1.29, 1.82) is 0 Å². The van der Waals surface area contributed by atoms with E-state index in [1.54, 1.807) is 0 Å². The third kappa shape index (κ3) is 5.19. The van der Waals surface area contributed by atoms with E-state index in [0.29, 0.717) is 38.1 Å². The highest BCUT2D eigenvalue weighted by molar-refractivity contribution is 5.91. The molecule has 0 saturated carbocycles. The first kappa shape index (κ1) is 19.6. The van der Waals surface area contributed by atoms with Crippen molar-refractivity contribution < 1.29 is 23.0 Å². The van der Waals surface area contributed by atoms with Crippen LogP contribution in [0.2, 0.25) is 0 Å². The number of morpholine rings is 1. The second-order valence-electron chi connectivity index (χ2n) is 5.85. The number of methoxy groups -OCH3 is 1. The van der Waals surface area contributed by atoms with E-state index >= 15 is 0 Å². The van der Waals surface area contributed by atoms with E-state index in [0.717, 1.165) is 24.3 Å². The van der Waals surface area contributed by atoms with Gasteiger partial charge in [0, 0.05) is 24.7 Å². The molecule has 2 heterocycles. The summed E-state index contributed by atoms with van der Waals surface area (Å²) in [5.41, 5.74) is -0.0217. The van der Waals surface area contributed by atoms with Crippen LogP contribution in [0.5, 0.6) is 6.01 Å². The van der Waals surface area contributed by atoms with Crippen LogP contribution in [0, 0.1) is 11.6 Å². The number of ether oxygens (including phenoxy) is 2. The maximum atomic E-state index is 13.6. The van der Waals surface area contributed by atoms with Gasteiger partial charge in [0.2, 0.25) is 11.9 Å². The Labute approximate surface area is 160 Å². The monoisotopic (exact) mass is 391 g/mol.